The molecule has 1 saturated carbocycles. The van der Waals surface area contributed by atoms with E-state index in [-0.39, 0.29) is 11.8 Å². The van der Waals surface area contributed by atoms with E-state index in [1.807, 2.05) is 29.2 Å². The van der Waals surface area contributed by atoms with Gasteiger partial charge in [-0.05, 0) is 25.0 Å². The number of hydrogen-bond donors (Lipinski definition) is 0. The van der Waals surface area contributed by atoms with E-state index in [0.29, 0.717) is 43.2 Å². The molecular formula is C23H23FN4O2. The molecule has 7 heteroatoms. The van der Waals surface area contributed by atoms with E-state index in [0.717, 1.165) is 29.4 Å². The van der Waals surface area contributed by atoms with Crippen LogP contribution >= 0.6 is 0 Å². The maximum Gasteiger partial charge on any atom is 0.225 e. The predicted molar refractivity (Wildman–Crippen MR) is 113 cm³/mol. The topological polar surface area (TPSA) is 58.6 Å². The van der Waals surface area contributed by atoms with Crippen molar-refractivity contribution in [3.05, 3.63) is 48.3 Å². The van der Waals surface area contributed by atoms with Crippen molar-refractivity contribution in [2.75, 3.05) is 38.2 Å². The molecular weight excluding hydrogens is 383 g/mol. The van der Waals surface area contributed by atoms with Gasteiger partial charge in [0.2, 0.25) is 5.91 Å². The van der Waals surface area contributed by atoms with Gasteiger partial charge >= 0.3 is 0 Å². The third kappa shape index (κ3) is 3.34. The van der Waals surface area contributed by atoms with Crippen molar-refractivity contribution < 1.29 is 13.9 Å². The monoisotopic (exact) mass is 406 g/mol. The summed E-state index contributed by atoms with van der Waals surface area (Å²) in [6.07, 6.45) is 2.05. The van der Waals surface area contributed by atoms with E-state index in [4.69, 9.17) is 4.74 Å². The smallest absolute Gasteiger partial charge is 0.225 e. The molecule has 1 saturated heterocycles. The van der Waals surface area contributed by atoms with E-state index in [1.54, 1.807) is 12.1 Å². The molecule has 3 aromatic rings. The number of methoxy groups -OCH3 is 1. The second kappa shape index (κ2) is 7.55. The Morgan fingerprint density at radius 1 is 1.03 bits per heavy atom. The highest BCUT2D eigenvalue weighted by Gasteiger charge is 2.35. The molecule has 1 aliphatic heterocycles. The Morgan fingerprint density at radius 2 is 1.77 bits per heavy atom. The summed E-state index contributed by atoms with van der Waals surface area (Å²) in [4.78, 5) is 16.5. The zero-order valence-electron chi connectivity index (χ0n) is 16.8. The van der Waals surface area contributed by atoms with Crippen molar-refractivity contribution >= 4 is 22.5 Å². The van der Waals surface area contributed by atoms with Gasteiger partial charge in [0.1, 0.15) is 17.3 Å². The number of rotatable bonds is 4. The van der Waals surface area contributed by atoms with Crippen LogP contribution in [0, 0.1) is 11.7 Å². The molecule has 0 atom stereocenters. The van der Waals surface area contributed by atoms with Crippen LogP contribution < -0.4 is 9.64 Å². The molecule has 1 amide bonds. The number of carbonyl (C=O) groups excluding carboxylic acids is 1. The second-order valence-corrected chi connectivity index (χ2v) is 7.85. The molecule has 30 heavy (non-hydrogen) atoms. The second-order valence-electron chi connectivity index (χ2n) is 7.85. The molecule has 0 unspecified atom stereocenters. The van der Waals surface area contributed by atoms with Crippen molar-refractivity contribution in [3.63, 3.8) is 0 Å². The minimum absolute atomic E-state index is 0.246. The Morgan fingerprint density at radius 3 is 2.43 bits per heavy atom. The first-order valence-electron chi connectivity index (χ1n) is 10.3. The number of nitrogens with zero attached hydrogens (tertiary/aromatic N) is 4. The molecule has 6 nitrogen and oxygen atoms in total. The fourth-order valence-corrected chi connectivity index (χ4v) is 4.06. The lowest BCUT2D eigenvalue weighted by Gasteiger charge is -2.35. The average molecular weight is 406 g/mol. The normalized spacial score (nSPS) is 16.7. The van der Waals surface area contributed by atoms with Gasteiger partial charge in [0.25, 0.3) is 0 Å². The first kappa shape index (κ1) is 18.8. The highest BCUT2D eigenvalue weighted by Crippen LogP contribution is 2.35. The summed E-state index contributed by atoms with van der Waals surface area (Å²) in [6, 6.07) is 12.6. The molecule has 1 aliphatic carbocycles. The van der Waals surface area contributed by atoms with Crippen LogP contribution in [0.2, 0.25) is 0 Å². The number of aromatic nitrogens is 2. The zero-order chi connectivity index (χ0) is 20.7. The van der Waals surface area contributed by atoms with E-state index in [9.17, 15) is 9.18 Å². The molecule has 5 rings (SSSR count). The van der Waals surface area contributed by atoms with Gasteiger partial charge in [-0.1, -0.05) is 24.3 Å². The first-order chi connectivity index (χ1) is 14.7. The van der Waals surface area contributed by atoms with Gasteiger partial charge in [0.15, 0.2) is 5.82 Å². The van der Waals surface area contributed by atoms with Crippen molar-refractivity contribution in [2.24, 2.45) is 5.92 Å². The average Bonchev–Trinajstić information content (AvgIpc) is 3.64. The Hall–Kier alpha value is -3.22. The van der Waals surface area contributed by atoms with Gasteiger partial charge in [-0.25, -0.2) is 4.39 Å². The Balaban J connectivity index is 1.47. The highest BCUT2D eigenvalue weighted by molar-refractivity contribution is 6.00. The quantitative estimate of drug-likeness (QED) is 0.664. The number of benzene rings is 2. The SMILES string of the molecule is COc1ccc(-c2nnc(N3CCN(C(=O)C4CC4)CC3)c3ccccc23)c(F)c1. The number of halogens is 1. The standard InChI is InChI=1S/C23H23FN4O2/c1-30-16-8-9-19(20(24)14-16)21-17-4-2-3-5-18(17)22(26-25-21)27-10-12-28(13-11-27)23(29)15-6-7-15/h2-5,8-9,14-15H,6-7,10-13H2,1H3. The van der Waals surface area contributed by atoms with Gasteiger partial charge in [0.05, 0.1) is 7.11 Å². The fraction of sp³-hybridized carbons (Fsp3) is 0.348. The number of ether oxygens (including phenoxy) is 1. The van der Waals surface area contributed by atoms with E-state index < -0.39 is 5.82 Å². The summed E-state index contributed by atoms with van der Waals surface area (Å²) in [6.45, 7) is 2.82. The summed E-state index contributed by atoms with van der Waals surface area (Å²) >= 11 is 0. The molecule has 0 spiro atoms. The van der Waals surface area contributed by atoms with Gasteiger partial charge in [-0.15, -0.1) is 10.2 Å². The molecule has 2 aliphatic rings. The zero-order valence-corrected chi connectivity index (χ0v) is 16.8. The molecule has 154 valence electrons. The fourth-order valence-electron chi connectivity index (χ4n) is 4.06. The highest BCUT2D eigenvalue weighted by atomic mass is 19.1. The molecule has 1 aromatic heterocycles. The van der Waals surface area contributed by atoms with Gasteiger partial charge in [0, 0.05) is 54.5 Å². The summed E-state index contributed by atoms with van der Waals surface area (Å²) in [5.74, 6) is 1.38. The summed E-state index contributed by atoms with van der Waals surface area (Å²) in [5, 5.41) is 10.7. The number of hydrogen-bond acceptors (Lipinski definition) is 5. The Labute approximate surface area is 174 Å². The van der Waals surface area contributed by atoms with Gasteiger partial charge < -0.3 is 14.5 Å². The summed E-state index contributed by atoms with van der Waals surface area (Å²) in [5.41, 5.74) is 0.906. The van der Waals surface area contributed by atoms with Gasteiger partial charge in [-0.3, -0.25) is 4.79 Å². The number of carbonyl (C=O) groups is 1. The molecule has 0 radical (unpaired) electrons. The van der Waals surface area contributed by atoms with Crippen LogP contribution in [-0.2, 0) is 4.79 Å². The Bertz CT molecular complexity index is 1110. The summed E-state index contributed by atoms with van der Waals surface area (Å²) in [7, 11) is 1.51. The molecule has 0 N–H and O–H groups in total. The first-order valence-corrected chi connectivity index (χ1v) is 10.3. The lowest BCUT2D eigenvalue weighted by molar-refractivity contribution is -0.132. The van der Waals surface area contributed by atoms with Crippen LogP contribution in [0.5, 0.6) is 5.75 Å². The van der Waals surface area contributed by atoms with Gasteiger partial charge in [-0.2, -0.15) is 0 Å². The van der Waals surface area contributed by atoms with Crippen molar-refractivity contribution in [2.45, 2.75) is 12.8 Å². The Kier molecular flexibility index (Phi) is 4.73. The maximum absolute atomic E-state index is 14.7. The van der Waals surface area contributed by atoms with Crippen LogP contribution in [0.1, 0.15) is 12.8 Å². The largest absolute Gasteiger partial charge is 0.497 e. The van der Waals surface area contributed by atoms with Crippen molar-refractivity contribution in [1.82, 2.24) is 15.1 Å². The molecule has 2 heterocycles. The summed E-state index contributed by atoms with van der Waals surface area (Å²) < 4.78 is 19.8. The predicted octanol–water partition coefficient (Wildman–Crippen LogP) is 3.50. The lowest BCUT2D eigenvalue weighted by atomic mass is 10.0. The van der Waals surface area contributed by atoms with Crippen LogP contribution in [0.25, 0.3) is 22.0 Å². The lowest BCUT2D eigenvalue weighted by Crippen LogP contribution is -2.49. The van der Waals surface area contributed by atoms with E-state index >= 15 is 0 Å². The number of fused-ring (bicyclic) bond motifs is 1. The van der Waals surface area contributed by atoms with Crippen molar-refractivity contribution in [1.29, 1.82) is 0 Å². The minimum atomic E-state index is -0.395. The molecule has 2 aromatic carbocycles. The van der Waals surface area contributed by atoms with E-state index in [1.165, 1.54) is 13.2 Å². The van der Waals surface area contributed by atoms with Crippen molar-refractivity contribution in [3.8, 4) is 17.0 Å². The van der Waals surface area contributed by atoms with Crippen LogP contribution in [0.15, 0.2) is 42.5 Å². The van der Waals surface area contributed by atoms with Crippen LogP contribution in [0.4, 0.5) is 10.2 Å². The third-order valence-corrected chi connectivity index (χ3v) is 5.92. The molecule has 2 fully saturated rings. The number of amides is 1. The number of anilines is 1. The maximum atomic E-state index is 14.7. The van der Waals surface area contributed by atoms with Crippen LogP contribution in [-0.4, -0.2) is 54.3 Å². The third-order valence-electron chi connectivity index (χ3n) is 5.92. The minimum Gasteiger partial charge on any atom is -0.497 e. The number of piperazine rings is 1. The van der Waals surface area contributed by atoms with Crippen LogP contribution in [0.3, 0.4) is 0 Å². The molecule has 0 bridgehead atoms. The van der Waals surface area contributed by atoms with E-state index in [2.05, 4.69) is 15.1 Å².